The zero-order valence-corrected chi connectivity index (χ0v) is 6.44. The Morgan fingerprint density at radius 1 is 1.64 bits per heavy atom. The molecule has 0 aromatic rings. The third-order valence-corrected chi connectivity index (χ3v) is 2.48. The van der Waals surface area contributed by atoms with Crippen LogP contribution in [0.1, 0.15) is 12.8 Å². The molecule has 2 fully saturated rings. The van der Waals surface area contributed by atoms with E-state index in [1.54, 1.807) is 0 Å². The molecule has 1 unspecified atom stereocenters. The van der Waals surface area contributed by atoms with Gasteiger partial charge in [0, 0.05) is 0 Å². The lowest BCUT2D eigenvalue weighted by molar-refractivity contribution is -0.131. The summed E-state index contributed by atoms with van der Waals surface area (Å²) in [6.45, 7) is 3.92. The van der Waals surface area contributed by atoms with Crippen molar-refractivity contribution in [3.05, 3.63) is 12.7 Å². The van der Waals surface area contributed by atoms with Gasteiger partial charge in [-0.2, -0.15) is 5.06 Å². The number of hydroxylamine groups is 2. The topological polar surface area (TPSA) is 32.7 Å². The van der Waals surface area contributed by atoms with Crippen LogP contribution >= 0.6 is 0 Å². The second-order valence-corrected chi connectivity index (χ2v) is 3.20. The Hall–Kier alpha value is -0.380. The minimum Gasteiger partial charge on any atom is -0.395 e. The summed E-state index contributed by atoms with van der Waals surface area (Å²) in [4.78, 5) is 5.48. The van der Waals surface area contributed by atoms with Crippen molar-refractivity contribution in [2.24, 2.45) is 0 Å². The normalized spacial score (nSPS) is 48.1. The van der Waals surface area contributed by atoms with E-state index in [0.29, 0.717) is 12.1 Å². The fraction of sp³-hybridized carbons (Fsp3) is 0.750. The molecule has 0 aliphatic carbocycles. The molecule has 4 atom stereocenters. The van der Waals surface area contributed by atoms with Crippen LogP contribution in [-0.2, 0) is 4.84 Å². The number of piperidine rings is 1. The number of nitrogens with zero attached hydrogens (tertiary/aromatic N) is 1. The van der Waals surface area contributed by atoms with Crippen LogP contribution < -0.4 is 0 Å². The lowest BCUT2D eigenvalue weighted by Gasteiger charge is -2.25. The second-order valence-electron chi connectivity index (χ2n) is 3.20. The quantitative estimate of drug-likeness (QED) is 0.583. The summed E-state index contributed by atoms with van der Waals surface area (Å²) < 4.78 is 0. The van der Waals surface area contributed by atoms with Crippen LogP contribution in [0, 0.1) is 0 Å². The SMILES string of the molecule is C=C[C@@H]1C[C@H]2C[C@H](CO)N1O2. The number of fused-ring (bicyclic) bond motifs is 2. The molecule has 62 valence electrons. The molecule has 3 heteroatoms. The minimum absolute atomic E-state index is 0.195. The highest BCUT2D eigenvalue weighted by molar-refractivity contribution is 4.98. The van der Waals surface area contributed by atoms with Crippen LogP contribution in [0.5, 0.6) is 0 Å². The van der Waals surface area contributed by atoms with Gasteiger partial charge in [-0.25, -0.2) is 0 Å². The molecule has 11 heavy (non-hydrogen) atoms. The maximum Gasteiger partial charge on any atom is 0.0829 e. The van der Waals surface area contributed by atoms with Crippen molar-refractivity contribution in [3.63, 3.8) is 0 Å². The van der Waals surface area contributed by atoms with E-state index in [0.717, 1.165) is 12.8 Å². The smallest absolute Gasteiger partial charge is 0.0829 e. The molecule has 1 N–H and O–H groups in total. The summed E-state index contributed by atoms with van der Waals surface area (Å²) in [5.74, 6) is 0. The Kier molecular flexibility index (Phi) is 1.71. The first-order valence-electron chi connectivity index (χ1n) is 4.03. The fourth-order valence-corrected chi connectivity index (χ4v) is 1.93. The van der Waals surface area contributed by atoms with Gasteiger partial charge < -0.3 is 5.11 Å². The zero-order valence-electron chi connectivity index (χ0n) is 6.44. The van der Waals surface area contributed by atoms with Crippen molar-refractivity contribution < 1.29 is 9.94 Å². The minimum atomic E-state index is 0.195. The van der Waals surface area contributed by atoms with Gasteiger partial charge in [0.15, 0.2) is 0 Å². The lowest BCUT2D eigenvalue weighted by Crippen LogP contribution is -2.38. The van der Waals surface area contributed by atoms with E-state index in [1.165, 1.54) is 0 Å². The van der Waals surface area contributed by atoms with Gasteiger partial charge in [-0.3, -0.25) is 4.84 Å². The van der Waals surface area contributed by atoms with Crippen LogP contribution in [-0.4, -0.2) is 35.0 Å². The van der Waals surface area contributed by atoms with Crippen LogP contribution in [0.3, 0.4) is 0 Å². The van der Waals surface area contributed by atoms with Gasteiger partial charge in [-0.1, -0.05) is 6.08 Å². The van der Waals surface area contributed by atoms with E-state index in [-0.39, 0.29) is 12.6 Å². The summed E-state index contributed by atoms with van der Waals surface area (Å²) in [5.41, 5.74) is 0. The van der Waals surface area contributed by atoms with Gasteiger partial charge in [-0.05, 0) is 12.8 Å². The van der Waals surface area contributed by atoms with Crippen LogP contribution in [0.2, 0.25) is 0 Å². The monoisotopic (exact) mass is 155 g/mol. The Bertz CT molecular complexity index is 171. The first kappa shape index (κ1) is 7.28. The molecule has 2 aliphatic rings. The molecule has 0 amide bonds. The van der Waals surface area contributed by atoms with Gasteiger partial charge >= 0.3 is 0 Å². The van der Waals surface area contributed by atoms with Crippen molar-refractivity contribution >= 4 is 0 Å². The summed E-state index contributed by atoms with van der Waals surface area (Å²) in [7, 11) is 0. The average Bonchev–Trinajstić information content (AvgIpc) is 2.60. The Labute approximate surface area is 66.2 Å². The Morgan fingerprint density at radius 3 is 3.00 bits per heavy atom. The molecular weight excluding hydrogens is 142 g/mol. The Balaban J connectivity index is 2.07. The Morgan fingerprint density at radius 2 is 2.45 bits per heavy atom. The molecule has 0 radical (unpaired) electrons. The summed E-state index contributed by atoms with van der Waals surface area (Å²) in [5, 5.41) is 10.8. The molecule has 2 saturated heterocycles. The summed E-state index contributed by atoms with van der Waals surface area (Å²) >= 11 is 0. The third kappa shape index (κ3) is 1.00. The highest BCUT2D eigenvalue weighted by atomic mass is 16.7. The molecule has 0 spiro atoms. The number of aliphatic hydroxyl groups is 1. The first-order chi connectivity index (χ1) is 5.35. The number of hydrogen-bond acceptors (Lipinski definition) is 3. The van der Waals surface area contributed by atoms with E-state index in [1.807, 2.05) is 11.1 Å². The highest BCUT2D eigenvalue weighted by Crippen LogP contribution is 2.35. The molecule has 2 aliphatic heterocycles. The lowest BCUT2D eigenvalue weighted by atomic mass is 9.98. The number of aliphatic hydroxyl groups excluding tert-OH is 1. The van der Waals surface area contributed by atoms with Gasteiger partial charge in [0.25, 0.3) is 0 Å². The molecule has 2 bridgehead atoms. The molecule has 0 aromatic carbocycles. The highest BCUT2D eigenvalue weighted by Gasteiger charge is 2.44. The predicted molar refractivity (Wildman–Crippen MR) is 40.8 cm³/mol. The molecular formula is C8H13NO2. The van der Waals surface area contributed by atoms with E-state index in [4.69, 9.17) is 9.94 Å². The number of rotatable bonds is 2. The molecule has 2 rings (SSSR count). The predicted octanol–water partition coefficient (Wildman–Crippen LogP) is 0.311. The van der Waals surface area contributed by atoms with Gasteiger partial charge in [0.2, 0.25) is 0 Å². The molecule has 0 saturated carbocycles. The van der Waals surface area contributed by atoms with Gasteiger partial charge in [0.1, 0.15) is 0 Å². The molecule has 0 aromatic heterocycles. The number of hydrogen-bond donors (Lipinski definition) is 1. The van der Waals surface area contributed by atoms with Crippen molar-refractivity contribution in [2.75, 3.05) is 6.61 Å². The van der Waals surface area contributed by atoms with Crippen LogP contribution in [0.15, 0.2) is 12.7 Å². The summed E-state index contributed by atoms with van der Waals surface area (Å²) in [6.07, 6.45) is 4.23. The van der Waals surface area contributed by atoms with Crippen molar-refractivity contribution in [3.8, 4) is 0 Å². The van der Waals surface area contributed by atoms with E-state index in [9.17, 15) is 0 Å². The van der Waals surface area contributed by atoms with E-state index in [2.05, 4.69) is 6.58 Å². The van der Waals surface area contributed by atoms with Crippen LogP contribution in [0.25, 0.3) is 0 Å². The van der Waals surface area contributed by atoms with Crippen molar-refractivity contribution in [1.82, 2.24) is 5.06 Å². The third-order valence-electron chi connectivity index (χ3n) is 2.48. The van der Waals surface area contributed by atoms with Crippen molar-refractivity contribution in [2.45, 2.75) is 31.0 Å². The first-order valence-corrected chi connectivity index (χ1v) is 4.03. The maximum atomic E-state index is 8.95. The molecule has 3 nitrogen and oxygen atoms in total. The van der Waals surface area contributed by atoms with E-state index >= 15 is 0 Å². The summed E-state index contributed by atoms with van der Waals surface area (Å²) in [6, 6.07) is 0.530. The maximum absolute atomic E-state index is 8.95. The largest absolute Gasteiger partial charge is 0.395 e. The second kappa shape index (κ2) is 2.59. The zero-order chi connectivity index (χ0) is 7.84. The van der Waals surface area contributed by atoms with E-state index < -0.39 is 0 Å². The van der Waals surface area contributed by atoms with Gasteiger partial charge in [-0.15, -0.1) is 6.58 Å². The van der Waals surface area contributed by atoms with Crippen LogP contribution in [0.4, 0.5) is 0 Å². The molecule has 2 heterocycles. The standard InChI is InChI=1S/C8H13NO2/c1-2-6-3-8-4-7(5-10)9(6)11-8/h2,6-8,10H,1,3-5H2/t6-,7-,8+/m1/s1. The van der Waals surface area contributed by atoms with Crippen molar-refractivity contribution in [1.29, 1.82) is 0 Å². The average molecular weight is 155 g/mol. The van der Waals surface area contributed by atoms with Gasteiger partial charge in [0.05, 0.1) is 24.8 Å². The fourth-order valence-electron chi connectivity index (χ4n) is 1.93.